The van der Waals surface area contributed by atoms with Crippen molar-refractivity contribution in [3.63, 3.8) is 0 Å². The highest BCUT2D eigenvalue weighted by Crippen LogP contribution is 2.35. The van der Waals surface area contributed by atoms with Gasteiger partial charge >= 0.3 is 6.09 Å². The van der Waals surface area contributed by atoms with Gasteiger partial charge in [0.2, 0.25) is 0 Å². The van der Waals surface area contributed by atoms with Crippen molar-refractivity contribution in [3.05, 3.63) is 95.1 Å². The van der Waals surface area contributed by atoms with Crippen molar-refractivity contribution in [1.29, 1.82) is 5.26 Å². The van der Waals surface area contributed by atoms with Crippen molar-refractivity contribution in [2.45, 2.75) is 64.8 Å². The molecule has 1 unspecified atom stereocenters. The summed E-state index contributed by atoms with van der Waals surface area (Å²) in [5, 5.41) is 9.75. The second kappa shape index (κ2) is 10.2. The number of ether oxygens (including phenoxy) is 1. The number of fused-ring (bicyclic) bond motifs is 2. The van der Waals surface area contributed by atoms with Gasteiger partial charge in [-0.1, -0.05) is 36.4 Å². The SMILES string of the molecule is CC(C)(C)OC(=O)n1c(CN(Cc2ccccc2C#N)C2CCCc3cccnc32)nc2ccccc21. The first-order valence-electron chi connectivity index (χ1n) is 12.7. The molecule has 7 heteroatoms. The molecule has 7 nitrogen and oxygen atoms in total. The summed E-state index contributed by atoms with van der Waals surface area (Å²) in [5.74, 6) is 0.605. The zero-order chi connectivity index (χ0) is 26.0. The zero-order valence-corrected chi connectivity index (χ0v) is 21.5. The highest BCUT2D eigenvalue weighted by atomic mass is 16.6. The number of carbonyl (C=O) groups is 1. The first-order valence-corrected chi connectivity index (χ1v) is 12.7. The molecule has 0 aliphatic heterocycles. The average molecular weight is 494 g/mol. The van der Waals surface area contributed by atoms with Crippen molar-refractivity contribution in [2.24, 2.45) is 0 Å². The lowest BCUT2D eigenvalue weighted by Gasteiger charge is -2.35. The van der Waals surface area contributed by atoms with E-state index in [4.69, 9.17) is 14.7 Å². The van der Waals surface area contributed by atoms with Crippen molar-refractivity contribution in [1.82, 2.24) is 19.4 Å². The molecule has 2 aromatic heterocycles. The minimum atomic E-state index is -0.641. The van der Waals surface area contributed by atoms with Crippen LogP contribution in [0.3, 0.4) is 0 Å². The minimum Gasteiger partial charge on any atom is -0.443 e. The number of aromatic nitrogens is 3. The number of para-hydroxylation sites is 2. The fraction of sp³-hybridized carbons (Fsp3) is 0.333. The quantitative estimate of drug-likeness (QED) is 0.331. The van der Waals surface area contributed by atoms with Crippen molar-refractivity contribution in [2.75, 3.05) is 0 Å². The van der Waals surface area contributed by atoms with Crippen LogP contribution in [0, 0.1) is 11.3 Å². The summed E-state index contributed by atoms with van der Waals surface area (Å²) >= 11 is 0. The number of nitrogens with zero attached hydrogens (tertiary/aromatic N) is 5. The Morgan fingerprint density at radius 3 is 2.70 bits per heavy atom. The number of hydrogen-bond acceptors (Lipinski definition) is 6. The Morgan fingerprint density at radius 1 is 1.11 bits per heavy atom. The van der Waals surface area contributed by atoms with Crippen LogP contribution < -0.4 is 0 Å². The third-order valence-corrected chi connectivity index (χ3v) is 6.67. The zero-order valence-electron chi connectivity index (χ0n) is 21.5. The maximum Gasteiger partial charge on any atom is 0.420 e. The predicted octanol–water partition coefficient (Wildman–Crippen LogP) is 6.17. The molecule has 0 radical (unpaired) electrons. The normalized spacial score (nSPS) is 15.4. The summed E-state index contributed by atoms with van der Waals surface area (Å²) in [6.07, 6.45) is 4.37. The van der Waals surface area contributed by atoms with Crippen LogP contribution in [0.15, 0.2) is 66.9 Å². The van der Waals surface area contributed by atoms with E-state index in [9.17, 15) is 10.1 Å². The van der Waals surface area contributed by atoms with Crippen LogP contribution in [0.4, 0.5) is 4.79 Å². The predicted molar refractivity (Wildman–Crippen MR) is 142 cm³/mol. The molecule has 37 heavy (non-hydrogen) atoms. The largest absolute Gasteiger partial charge is 0.443 e. The van der Waals surface area contributed by atoms with E-state index >= 15 is 0 Å². The van der Waals surface area contributed by atoms with Gasteiger partial charge in [-0.3, -0.25) is 9.88 Å². The molecule has 0 spiro atoms. The number of pyridine rings is 1. The van der Waals surface area contributed by atoms with Crippen LogP contribution in [0.25, 0.3) is 11.0 Å². The summed E-state index contributed by atoms with van der Waals surface area (Å²) in [6.45, 7) is 6.51. The number of imidazole rings is 1. The lowest BCUT2D eigenvalue weighted by atomic mass is 9.90. The molecular formula is C30H31N5O2. The third-order valence-electron chi connectivity index (χ3n) is 6.67. The maximum absolute atomic E-state index is 13.4. The summed E-state index contributed by atoms with van der Waals surface area (Å²) < 4.78 is 7.37. The second-order valence-corrected chi connectivity index (χ2v) is 10.5. The van der Waals surface area contributed by atoms with Gasteiger partial charge in [-0.05, 0) is 75.4 Å². The van der Waals surface area contributed by atoms with E-state index in [1.165, 1.54) is 5.56 Å². The maximum atomic E-state index is 13.4. The van der Waals surface area contributed by atoms with Gasteiger partial charge in [0.1, 0.15) is 11.4 Å². The third kappa shape index (κ3) is 5.25. The molecule has 0 saturated carbocycles. The standard InChI is InChI=1S/C30H31N5O2/c1-30(2,3)37-29(36)35-25-15-7-6-14-24(25)33-27(35)20-34(19-23-11-5-4-10-22(23)18-31)26-16-8-12-21-13-9-17-32-28(21)26/h4-7,9-11,13-15,17,26H,8,12,16,19-20H2,1-3H3. The number of rotatable bonds is 5. The van der Waals surface area contributed by atoms with Gasteiger partial charge in [0.15, 0.2) is 0 Å². The van der Waals surface area contributed by atoms with E-state index in [-0.39, 0.29) is 6.04 Å². The van der Waals surface area contributed by atoms with Crippen LogP contribution in [-0.2, 0) is 24.2 Å². The molecule has 0 amide bonds. The molecule has 0 N–H and O–H groups in total. The second-order valence-electron chi connectivity index (χ2n) is 10.5. The molecule has 2 heterocycles. The van der Waals surface area contributed by atoms with Gasteiger partial charge in [0.25, 0.3) is 0 Å². The molecule has 1 aliphatic carbocycles. The summed E-state index contributed by atoms with van der Waals surface area (Å²) in [4.78, 5) is 25.3. The van der Waals surface area contributed by atoms with Crippen LogP contribution in [0.2, 0.25) is 0 Å². The lowest BCUT2D eigenvalue weighted by molar-refractivity contribution is 0.0530. The Labute approximate surface area is 217 Å². The first-order chi connectivity index (χ1) is 17.8. The van der Waals surface area contributed by atoms with Crippen molar-refractivity contribution >= 4 is 17.1 Å². The van der Waals surface area contributed by atoms with Gasteiger partial charge in [0.05, 0.1) is 40.9 Å². The van der Waals surface area contributed by atoms with E-state index in [0.717, 1.165) is 36.0 Å². The molecular weight excluding hydrogens is 462 g/mol. The van der Waals surface area contributed by atoms with E-state index < -0.39 is 11.7 Å². The Bertz CT molecular complexity index is 1480. The monoisotopic (exact) mass is 493 g/mol. The molecule has 4 aromatic rings. The highest BCUT2D eigenvalue weighted by molar-refractivity contribution is 5.87. The van der Waals surface area contributed by atoms with Crippen molar-refractivity contribution in [3.8, 4) is 6.07 Å². The molecule has 1 aliphatic rings. The number of nitriles is 1. The van der Waals surface area contributed by atoms with E-state index in [0.29, 0.717) is 30.0 Å². The Balaban J connectivity index is 1.60. The Kier molecular flexibility index (Phi) is 6.77. The molecule has 0 bridgehead atoms. The Hall–Kier alpha value is -4.02. The summed E-state index contributed by atoms with van der Waals surface area (Å²) in [6, 6.07) is 21.8. The highest BCUT2D eigenvalue weighted by Gasteiger charge is 2.31. The van der Waals surface area contributed by atoms with Gasteiger partial charge in [-0.2, -0.15) is 5.26 Å². The smallest absolute Gasteiger partial charge is 0.420 e. The van der Waals surface area contributed by atoms with Gasteiger partial charge in [0, 0.05) is 12.7 Å². The number of carbonyl (C=O) groups excluding carboxylic acids is 1. The topological polar surface area (TPSA) is 84.0 Å². The van der Waals surface area contributed by atoms with Gasteiger partial charge in [-0.15, -0.1) is 0 Å². The van der Waals surface area contributed by atoms with E-state index in [1.54, 1.807) is 4.57 Å². The first kappa shape index (κ1) is 24.7. The Morgan fingerprint density at radius 2 is 1.89 bits per heavy atom. The molecule has 0 saturated heterocycles. The van der Waals surface area contributed by atoms with Crippen LogP contribution >= 0.6 is 0 Å². The summed E-state index contributed by atoms with van der Waals surface area (Å²) in [7, 11) is 0. The minimum absolute atomic E-state index is 0.0311. The fourth-order valence-corrected chi connectivity index (χ4v) is 5.08. The molecule has 1 atom stereocenters. The van der Waals surface area contributed by atoms with Gasteiger partial charge in [-0.25, -0.2) is 14.3 Å². The average Bonchev–Trinajstić information content (AvgIpc) is 3.25. The molecule has 188 valence electrons. The summed E-state index contributed by atoms with van der Waals surface area (Å²) in [5.41, 5.74) is 4.70. The molecule has 0 fully saturated rings. The van der Waals surface area contributed by atoms with Crippen LogP contribution in [0.1, 0.15) is 67.9 Å². The van der Waals surface area contributed by atoms with Gasteiger partial charge < -0.3 is 4.74 Å². The van der Waals surface area contributed by atoms with Crippen molar-refractivity contribution < 1.29 is 9.53 Å². The molecule has 2 aromatic carbocycles. The number of hydrogen-bond donors (Lipinski definition) is 0. The molecule has 5 rings (SSSR count). The van der Waals surface area contributed by atoms with E-state index in [2.05, 4.69) is 17.0 Å². The fourth-order valence-electron chi connectivity index (χ4n) is 5.08. The van der Waals surface area contributed by atoms with Crippen LogP contribution in [0.5, 0.6) is 0 Å². The lowest BCUT2D eigenvalue weighted by Crippen LogP contribution is -2.34. The van der Waals surface area contributed by atoms with E-state index in [1.807, 2.05) is 81.6 Å². The van der Waals surface area contributed by atoms with Crippen LogP contribution in [-0.4, -0.2) is 31.1 Å². The number of aryl methyl sites for hydroxylation is 1. The number of benzene rings is 2.